The van der Waals surface area contributed by atoms with Gasteiger partial charge in [-0.3, -0.25) is 14.5 Å². The number of aliphatic hydroxyl groups excluding tert-OH is 1. The van der Waals surface area contributed by atoms with Crippen molar-refractivity contribution in [1.82, 2.24) is 0 Å². The Bertz CT molecular complexity index is 1410. The molecule has 4 rings (SSSR count). The summed E-state index contributed by atoms with van der Waals surface area (Å²) in [4.78, 5) is 27.7. The fraction of sp³-hybridized carbons (Fsp3) is 0.214. The summed E-state index contributed by atoms with van der Waals surface area (Å²) in [5, 5.41) is 11.5. The van der Waals surface area contributed by atoms with Gasteiger partial charge < -0.3 is 24.1 Å². The number of carbonyl (C=O) groups excluding carboxylic acids is 2. The van der Waals surface area contributed by atoms with Gasteiger partial charge in [-0.1, -0.05) is 12.1 Å². The molecular formula is C28H25F2NO7. The van der Waals surface area contributed by atoms with E-state index in [9.17, 15) is 23.5 Å². The van der Waals surface area contributed by atoms with Crippen LogP contribution in [0.15, 0.2) is 60.2 Å². The van der Waals surface area contributed by atoms with E-state index in [2.05, 4.69) is 0 Å². The van der Waals surface area contributed by atoms with Crippen LogP contribution in [0.2, 0.25) is 0 Å². The van der Waals surface area contributed by atoms with E-state index in [1.54, 1.807) is 37.3 Å². The first-order valence-corrected chi connectivity index (χ1v) is 11.5. The first kappa shape index (κ1) is 26.5. The average molecular weight is 526 g/mol. The summed E-state index contributed by atoms with van der Waals surface area (Å²) in [6.07, 6.45) is 0. The van der Waals surface area contributed by atoms with E-state index in [0.29, 0.717) is 23.1 Å². The van der Waals surface area contributed by atoms with Crippen molar-refractivity contribution in [1.29, 1.82) is 0 Å². The largest absolute Gasteiger partial charge is 0.506 e. The van der Waals surface area contributed by atoms with Gasteiger partial charge in [0, 0.05) is 6.07 Å². The minimum absolute atomic E-state index is 0.0265. The molecule has 198 valence electrons. The van der Waals surface area contributed by atoms with E-state index in [1.807, 2.05) is 0 Å². The summed E-state index contributed by atoms with van der Waals surface area (Å²) >= 11 is 0. The maximum Gasteiger partial charge on any atom is 0.300 e. The summed E-state index contributed by atoms with van der Waals surface area (Å²) in [5.41, 5.74) is -0.376. The van der Waals surface area contributed by atoms with Crippen LogP contribution in [0.3, 0.4) is 0 Å². The molecule has 0 aromatic heterocycles. The van der Waals surface area contributed by atoms with Crippen LogP contribution in [0.25, 0.3) is 5.76 Å². The van der Waals surface area contributed by atoms with Gasteiger partial charge in [0.2, 0.25) is 0 Å². The lowest BCUT2D eigenvalue weighted by Crippen LogP contribution is -2.30. The number of carbonyl (C=O) groups is 2. The number of ether oxygens (including phenoxy) is 4. The molecule has 1 amide bonds. The van der Waals surface area contributed by atoms with Crippen LogP contribution in [-0.4, -0.2) is 44.7 Å². The normalized spacial score (nSPS) is 16.5. The predicted octanol–water partition coefficient (Wildman–Crippen LogP) is 5.02. The van der Waals surface area contributed by atoms with E-state index in [1.165, 1.54) is 27.4 Å². The number of anilines is 1. The highest BCUT2D eigenvalue weighted by Crippen LogP contribution is 2.47. The second kappa shape index (κ2) is 10.8. The molecular weight excluding hydrogens is 500 g/mol. The lowest BCUT2D eigenvalue weighted by Gasteiger charge is -2.26. The maximum atomic E-state index is 15.0. The fourth-order valence-corrected chi connectivity index (χ4v) is 4.42. The highest BCUT2D eigenvalue weighted by molar-refractivity contribution is 6.51. The molecule has 1 saturated heterocycles. The smallest absolute Gasteiger partial charge is 0.300 e. The van der Waals surface area contributed by atoms with Crippen LogP contribution in [0.1, 0.15) is 24.1 Å². The number of hydrogen-bond acceptors (Lipinski definition) is 7. The topological polar surface area (TPSA) is 94.5 Å². The molecule has 0 spiro atoms. The second-order valence-corrected chi connectivity index (χ2v) is 8.15. The van der Waals surface area contributed by atoms with Gasteiger partial charge in [0.25, 0.3) is 11.7 Å². The van der Waals surface area contributed by atoms with E-state index in [0.717, 1.165) is 17.0 Å². The van der Waals surface area contributed by atoms with Crippen molar-refractivity contribution in [3.63, 3.8) is 0 Å². The molecule has 1 fully saturated rings. The van der Waals surface area contributed by atoms with Crippen LogP contribution in [0.4, 0.5) is 14.5 Å². The number of ketones is 1. The third kappa shape index (κ3) is 4.49. The zero-order valence-electron chi connectivity index (χ0n) is 21.1. The molecule has 3 aromatic carbocycles. The minimum Gasteiger partial charge on any atom is -0.506 e. The minimum atomic E-state index is -1.32. The van der Waals surface area contributed by atoms with Crippen molar-refractivity contribution in [3.05, 3.63) is 82.9 Å². The molecule has 0 saturated carbocycles. The quantitative estimate of drug-likeness (QED) is 0.251. The Hall–Kier alpha value is -4.60. The van der Waals surface area contributed by atoms with Crippen molar-refractivity contribution in [2.45, 2.75) is 13.0 Å². The summed E-state index contributed by atoms with van der Waals surface area (Å²) in [6.45, 7) is 2.05. The maximum absolute atomic E-state index is 15.0. The SMILES string of the molecule is CCOc1cc(C2/C(=C(\O)c3c(OC)cccc3OC)C(=O)C(=O)N2c2ccc(F)cc2F)ccc1OC. The van der Waals surface area contributed by atoms with Gasteiger partial charge in [0.15, 0.2) is 11.5 Å². The molecule has 1 heterocycles. The van der Waals surface area contributed by atoms with Gasteiger partial charge >= 0.3 is 0 Å². The molecule has 3 aromatic rings. The predicted molar refractivity (Wildman–Crippen MR) is 135 cm³/mol. The Morgan fingerprint density at radius 3 is 2.13 bits per heavy atom. The van der Waals surface area contributed by atoms with Gasteiger partial charge in [-0.25, -0.2) is 8.78 Å². The highest BCUT2D eigenvalue weighted by Gasteiger charge is 2.48. The van der Waals surface area contributed by atoms with Gasteiger partial charge in [-0.2, -0.15) is 0 Å². The molecule has 0 aliphatic carbocycles. The van der Waals surface area contributed by atoms with Crippen molar-refractivity contribution in [2.24, 2.45) is 0 Å². The fourth-order valence-electron chi connectivity index (χ4n) is 4.42. The first-order valence-electron chi connectivity index (χ1n) is 11.5. The molecule has 38 heavy (non-hydrogen) atoms. The Kier molecular flexibility index (Phi) is 7.52. The highest BCUT2D eigenvalue weighted by atomic mass is 19.1. The molecule has 1 unspecified atom stereocenters. The van der Waals surface area contributed by atoms with Crippen LogP contribution in [-0.2, 0) is 9.59 Å². The van der Waals surface area contributed by atoms with E-state index in [-0.39, 0.29) is 34.9 Å². The second-order valence-electron chi connectivity index (χ2n) is 8.15. The third-order valence-corrected chi connectivity index (χ3v) is 6.08. The first-order chi connectivity index (χ1) is 18.3. The average Bonchev–Trinajstić information content (AvgIpc) is 3.17. The Morgan fingerprint density at radius 1 is 0.895 bits per heavy atom. The number of hydrogen-bond donors (Lipinski definition) is 1. The van der Waals surface area contributed by atoms with Gasteiger partial charge in [0.05, 0.1) is 45.2 Å². The van der Waals surface area contributed by atoms with Crippen LogP contribution >= 0.6 is 0 Å². The number of amides is 1. The number of methoxy groups -OCH3 is 3. The standard InChI is InChI=1S/C28H25F2NO7/c1-5-38-22-13-15(9-12-19(22)35-2)25-24(26(32)23-20(36-3)7-6-8-21(23)37-4)27(33)28(34)31(25)18-11-10-16(29)14-17(18)30/h6-14,25,32H,5H2,1-4H3/b26-24+. The summed E-state index contributed by atoms with van der Waals surface area (Å²) in [7, 11) is 4.19. The van der Waals surface area contributed by atoms with E-state index < -0.39 is 35.1 Å². The summed E-state index contributed by atoms with van der Waals surface area (Å²) < 4.78 is 50.5. The monoisotopic (exact) mass is 525 g/mol. The molecule has 0 radical (unpaired) electrons. The number of aliphatic hydroxyl groups is 1. The molecule has 1 atom stereocenters. The number of rotatable bonds is 8. The van der Waals surface area contributed by atoms with Crippen molar-refractivity contribution in [3.8, 4) is 23.0 Å². The van der Waals surface area contributed by atoms with Gasteiger partial charge in [-0.05, 0) is 48.9 Å². The Labute approximate surface area is 217 Å². The molecule has 0 bridgehead atoms. The van der Waals surface area contributed by atoms with Crippen LogP contribution in [0, 0.1) is 11.6 Å². The van der Waals surface area contributed by atoms with Gasteiger partial charge in [0.1, 0.15) is 34.5 Å². The van der Waals surface area contributed by atoms with Gasteiger partial charge in [-0.15, -0.1) is 0 Å². The number of nitrogens with zero attached hydrogens (tertiary/aromatic N) is 1. The van der Waals surface area contributed by atoms with Crippen molar-refractivity contribution >= 4 is 23.1 Å². The number of benzene rings is 3. The van der Waals surface area contributed by atoms with E-state index in [4.69, 9.17) is 18.9 Å². The summed E-state index contributed by atoms with van der Waals surface area (Å²) in [5.74, 6) is -3.70. The number of halogens is 2. The molecule has 8 nitrogen and oxygen atoms in total. The zero-order chi connectivity index (χ0) is 27.6. The Morgan fingerprint density at radius 2 is 1.55 bits per heavy atom. The van der Waals surface area contributed by atoms with Crippen LogP contribution in [0.5, 0.6) is 23.0 Å². The lowest BCUT2D eigenvalue weighted by atomic mass is 9.94. The lowest BCUT2D eigenvalue weighted by molar-refractivity contribution is -0.132. The van der Waals surface area contributed by atoms with E-state index >= 15 is 0 Å². The molecule has 1 N–H and O–H groups in total. The summed E-state index contributed by atoms with van der Waals surface area (Å²) in [6, 6.07) is 10.7. The Balaban J connectivity index is 2.05. The molecule has 1 aliphatic heterocycles. The molecule has 1 aliphatic rings. The third-order valence-electron chi connectivity index (χ3n) is 6.08. The number of Topliss-reactive ketones (excluding diaryl/α,β-unsaturated/α-hetero) is 1. The van der Waals surface area contributed by atoms with Crippen LogP contribution < -0.4 is 23.8 Å². The van der Waals surface area contributed by atoms with Crippen molar-refractivity contribution in [2.75, 3.05) is 32.8 Å². The molecule has 10 heteroatoms. The van der Waals surface area contributed by atoms with Crippen molar-refractivity contribution < 1.29 is 42.4 Å². The zero-order valence-corrected chi connectivity index (χ0v) is 21.1.